The van der Waals surface area contributed by atoms with Gasteiger partial charge in [0.05, 0.1) is 31.4 Å². The van der Waals surface area contributed by atoms with Gasteiger partial charge in [-0.15, -0.1) is 21.5 Å². The number of aromatic nitrogens is 3. The molecule has 0 spiro atoms. The molecular formula is C35H35ClN6O5S. The fourth-order valence-corrected chi connectivity index (χ4v) is 6.44. The molecule has 0 radical (unpaired) electrons. The zero-order valence-electron chi connectivity index (χ0n) is 27.6. The highest BCUT2D eigenvalue weighted by atomic mass is 35.5. The third-order valence-electron chi connectivity index (χ3n) is 7.39. The molecule has 0 aliphatic carbocycles. The number of aryl methyl sites for hydroxylation is 2. The van der Waals surface area contributed by atoms with Crippen LogP contribution in [0.25, 0.3) is 5.00 Å². The normalized spacial score (nSPS) is 13.6. The van der Waals surface area contributed by atoms with Crippen molar-refractivity contribution in [3.63, 3.8) is 0 Å². The van der Waals surface area contributed by atoms with Gasteiger partial charge >= 0.3 is 12.1 Å². The van der Waals surface area contributed by atoms with Crippen LogP contribution < -0.4 is 10.6 Å². The summed E-state index contributed by atoms with van der Waals surface area (Å²) in [5.74, 6) is 5.95. The molecular weight excluding hydrogens is 652 g/mol. The van der Waals surface area contributed by atoms with Crippen LogP contribution in [0.4, 0.5) is 10.5 Å². The highest BCUT2D eigenvalue weighted by Crippen LogP contribution is 2.39. The number of aliphatic imine (C=N–C) groups is 1. The number of anilines is 1. The first kappa shape index (κ1) is 34.3. The maximum absolute atomic E-state index is 13.6. The highest BCUT2D eigenvalue weighted by molar-refractivity contribution is 7.15. The Morgan fingerprint density at radius 2 is 1.79 bits per heavy atom. The van der Waals surface area contributed by atoms with E-state index in [1.807, 2.05) is 35.8 Å². The van der Waals surface area contributed by atoms with Crippen molar-refractivity contribution in [1.29, 1.82) is 0 Å². The first-order valence-corrected chi connectivity index (χ1v) is 16.3. The van der Waals surface area contributed by atoms with Crippen molar-refractivity contribution >= 4 is 52.3 Å². The molecule has 0 saturated heterocycles. The van der Waals surface area contributed by atoms with Gasteiger partial charge in [0.25, 0.3) is 0 Å². The van der Waals surface area contributed by atoms with Crippen LogP contribution in [-0.2, 0) is 14.3 Å². The Bertz CT molecular complexity index is 2000. The smallest absolute Gasteiger partial charge is 0.408 e. The number of hydrogen-bond donors (Lipinski definition) is 2. The van der Waals surface area contributed by atoms with Crippen LogP contribution in [0, 0.1) is 32.6 Å². The number of carbonyl (C=O) groups excluding carboxylic acids is 3. The summed E-state index contributed by atoms with van der Waals surface area (Å²) in [6.45, 7) is 11.3. The van der Waals surface area contributed by atoms with Gasteiger partial charge in [0, 0.05) is 32.3 Å². The molecule has 2 aromatic heterocycles. The van der Waals surface area contributed by atoms with Crippen molar-refractivity contribution in [1.82, 2.24) is 20.1 Å². The van der Waals surface area contributed by atoms with E-state index in [1.54, 1.807) is 44.2 Å². The zero-order valence-corrected chi connectivity index (χ0v) is 29.2. The molecule has 48 heavy (non-hydrogen) atoms. The van der Waals surface area contributed by atoms with Crippen molar-refractivity contribution < 1.29 is 23.9 Å². The number of thiophene rings is 1. The van der Waals surface area contributed by atoms with E-state index < -0.39 is 23.7 Å². The third kappa shape index (κ3) is 7.59. The van der Waals surface area contributed by atoms with Gasteiger partial charge in [-0.25, -0.2) is 9.59 Å². The lowest BCUT2D eigenvalue weighted by Crippen LogP contribution is -2.32. The number of carbonyl (C=O) groups is 3. The molecule has 2 amide bonds. The molecule has 0 saturated carbocycles. The van der Waals surface area contributed by atoms with Crippen LogP contribution in [-0.4, -0.2) is 57.7 Å². The van der Waals surface area contributed by atoms with E-state index >= 15 is 0 Å². The lowest BCUT2D eigenvalue weighted by atomic mass is 9.99. The van der Waals surface area contributed by atoms with Crippen LogP contribution in [0.3, 0.4) is 0 Å². The second kappa shape index (κ2) is 14.0. The number of ether oxygens (including phenoxy) is 2. The van der Waals surface area contributed by atoms with Crippen LogP contribution >= 0.6 is 22.9 Å². The van der Waals surface area contributed by atoms with Gasteiger partial charge in [0.2, 0.25) is 5.91 Å². The van der Waals surface area contributed by atoms with E-state index in [-0.39, 0.29) is 24.4 Å². The second-order valence-corrected chi connectivity index (χ2v) is 13.7. The van der Waals surface area contributed by atoms with Gasteiger partial charge in [-0.2, -0.15) is 0 Å². The van der Waals surface area contributed by atoms with E-state index in [0.717, 1.165) is 32.3 Å². The van der Waals surface area contributed by atoms with Crippen LogP contribution in [0.2, 0.25) is 5.02 Å². The average molecular weight is 687 g/mol. The van der Waals surface area contributed by atoms with Crippen molar-refractivity contribution in [3.05, 3.63) is 91.8 Å². The Kier molecular flexibility index (Phi) is 10.0. The minimum Gasteiger partial charge on any atom is -0.465 e. The first-order chi connectivity index (χ1) is 22.8. The van der Waals surface area contributed by atoms with Crippen molar-refractivity contribution in [3.8, 4) is 16.8 Å². The molecule has 0 fully saturated rings. The predicted molar refractivity (Wildman–Crippen MR) is 185 cm³/mol. The standard InChI is InChI=1S/C35H35ClN6O5S/c1-19-20(2)48-32-29(19)30(23-10-13-24(36)14-11-23)39-27(31-41-40-21(3)42(31)32)18-28(43)38-25-15-12-22(26(17-25)33(44)46-7)9-8-16-37-34(45)47-35(4,5)6/h10-15,17,27H,16,18H2,1-7H3,(H,37,45)(H,38,43)/t27-/m0/s1. The summed E-state index contributed by atoms with van der Waals surface area (Å²) in [6, 6.07) is 11.5. The predicted octanol–water partition coefficient (Wildman–Crippen LogP) is 6.49. The fraction of sp³-hybridized carbons (Fsp3) is 0.314. The number of hydrogen-bond acceptors (Lipinski definition) is 9. The quantitative estimate of drug-likeness (QED) is 0.175. The average Bonchev–Trinajstić information content (AvgIpc) is 3.50. The van der Waals surface area contributed by atoms with Crippen LogP contribution in [0.5, 0.6) is 0 Å². The Morgan fingerprint density at radius 1 is 1.06 bits per heavy atom. The molecule has 0 bridgehead atoms. The maximum Gasteiger partial charge on any atom is 0.408 e. The van der Waals surface area contributed by atoms with Gasteiger partial charge < -0.3 is 20.1 Å². The lowest BCUT2D eigenvalue weighted by Gasteiger charge is -2.19. The number of nitrogens with zero attached hydrogens (tertiary/aromatic N) is 4. The summed E-state index contributed by atoms with van der Waals surface area (Å²) in [7, 11) is 1.26. The lowest BCUT2D eigenvalue weighted by molar-refractivity contribution is -0.116. The number of nitrogens with one attached hydrogen (secondary N) is 2. The monoisotopic (exact) mass is 686 g/mol. The summed E-state index contributed by atoms with van der Waals surface area (Å²) in [4.78, 5) is 44.4. The summed E-state index contributed by atoms with van der Waals surface area (Å²) in [5.41, 5.74) is 3.92. The van der Waals surface area contributed by atoms with Gasteiger partial charge in [-0.1, -0.05) is 35.6 Å². The number of amides is 2. The van der Waals surface area contributed by atoms with E-state index in [0.29, 0.717) is 27.9 Å². The third-order valence-corrected chi connectivity index (χ3v) is 8.83. The van der Waals surface area contributed by atoms with Gasteiger partial charge in [-0.05, 0) is 77.4 Å². The molecule has 0 unspecified atom stereocenters. The largest absolute Gasteiger partial charge is 0.465 e. The molecule has 5 rings (SSSR count). The molecule has 2 aromatic carbocycles. The van der Waals surface area contributed by atoms with E-state index in [1.165, 1.54) is 13.2 Å². The molecule has 4 aromatic rings. The molecule has 11 nitrogen and oxygen atoms in total. The topological polar surface area (TPSA) is 137 Å². The zero-order chi connectivity index (χ0) is 34.7. The maximum atomic E-state index is 13.6. The Morgan fingerprint density at radius 3 is 2.48 bits per heavy atom. The van der Waals surface area contributed by atoms with E-state index in [9.17, 15) is 14.4 Å². The number of rotatable bonds is 6. The summed E-state index contributed by atoms with van der Waals surface area (Å²) < 4.78 is 12.1. The number of esters is 1. The SMILES string of the molecule is COC(=O)c1cc(NC(=O)C[C@@H]2N=C(c3ccc(Cl)cc3)c3c(sc(C)c3C)-n3c(C)nnc32)ccc1C#CCNC(=O)OC(C)(C)C. The van der Waals surface area contributed by atoms with E-state index in [4.69, 9.17) is 26.1 Å². The van der Waals surface area contributed by atoms with Gasteiger partial charge in [-0.3, -0.25) is 14.4 Å². The van der Waals surface area contributed by atoms with Crippen molar-refractivity contribution in [2.24, 2.45) is 4.99 Å². The number of benzene rings is 2. The molecule has 1 aliphatic heterocycles. The minimum absolute atomic E-state index is 0.00367. The fourth-order valence-electron chi connectivity index (χ4n) is 5.10. The summed E-state index contributed by atoms with van der Waals surface area (Å²) in [5, 5.41) is 15.8. The Hall–Kier alpha value is -4.99. The number of fused-ring (bicyclic) bond motifs is 3. The van der Waals surface area contributed by atoms with E-state index in [2.05, 4.69) is 46.5 Å². The van der Waals surface area contributed by atoms with Crippen LogP contribution in [0.1, 0.15) is 82.4 Å². The molecule has 3 heterocycles. The van der Waals surface area contributed by atoms with Gasteiger partial charge in [0.15, 0.2) is 5.82 Å². The summed E-state index contributed by atoms with van der Waals surface area (Å²) >= 11 is 7.84. The molecule has 2 N–H and O–H groups in total. The van der Waals surface area contributed by atoms with Crippen LogP contribution in [0.15, 0.2) is 47.5 Å². The summed E-state index contributed by atoms with van der Waals surface area (Å²) in [6.07, 6.45) is -0.649. The highest BCUT2D eigenvalue weighted by Gasteiger charge is 2.32. The molecule has 13 heteroatoms. The molecule has 1 atom stereocenters. The number of methoxy groups -OCH3 is 1. The second-order valence-electron chi connectivity index (χ2n) is 12.1. The Balaban J connectivity index is 1.41. The Labute approximate surface area is 287 Å². The molecule has 248 valence electrons. The van der Waals surface area contributed by atoms with Crippen molar-refractivity contribution in [2.45, 2.75) is 59.6 Å². The number of alkyl carbamates (subject to hydrolysis) is 1. The molecule has 1 aliphatic rings. The van der Waals surface area contributed by atoms with Gasteiger partial charge in [0.1, 0.15) is 22.5 Å². The van der Waals surface area contributed by atoms with Crippen molar-refractivity contribution in [2.75, 3.05) is 19.0 Å². The number of halogens is 1. The first-order valence-electron chi connectivity index (χ1n) is 15.1. The minimum atomic E-state index is -0.668.